The minimum Gasteiger partial charge on any atom is -0.326 e. The smallest absolute Gasteiger partial charge is 0.238 e. The van der Waals surface area contributed by atoms with Crippen LogP contribution in [0.5, 0.6) is 0 Å². The Morgan fingerprint density at radius 3 is 2.67 bits per heavy atom. The van der Waals surface area contributed by atoms with Crippen LogP contribution >= 0.6 is 0 Å². The van der Waals surface area contributed by atoms with Gasteiger partial charge in [-0.3, -0.25) is 4.79 Å². The molecule has 1 atom stereocenters. The molecule has 1 aliphatic heterocycles. The molecule has 6 nitrogen and oxygen atoms in total. The van der Waals surface area contributed by atoms with Crippen molar-refractivity contribution in [3.63, 3.8) is 0 Å². The molecular formula is C14H21N3O3S. The number of rotatable bonds is 3. The highest BCUT2D eigenvalue weighted by molar-refractivity contribution is 7.89. The summed E-state index contributed by atoms with van der Waals surface area (Å²) in [7, 11) is -3.79. The fourth-order valence-electron chi connectivity index (χ4n) is 2.43. The van der Waals surface area contributed by atoms with E-state index in [2.05, 4.69) is 10.6 Å². The van der Waals surface area contributed by atoms with Crippen LogP contribution in [0.25, 0.3) is 0 Å². The van der Waals surface area contributed by atoms with E-state index in [0.717, 1.165) is 30.5 Å². The fraction of sp³-hybridized carbons (Fsp3) is 0.500. The van der Waals surface area contributed by atoms with Gasteiger partial charge in [0.25, 0.3) is 0 Å². The Hall–Kier alpha value is -1.44. The third-order valence-electron chi connectivity index (χ3n) is 3.89. The van der Waals surface area contributed by atoms with Gasteiger partial charge in [-0.25, -0.2) is 13.6 Å². The van der Waals surface area contributed by atoms with E-state index in [1.54, 1.807) is 6.92 Å². The number of hydrogen-bond donors (Lipinski definition) is 3. The first kappa shape index (κ1) is 15.9. The van der Waals surface area contributed by atoms with Gasteiger partial charge in [-0.15, -0.1) is 0 Å². The van der Waals surface area contributed by atoms with Crippen molar-refractivity contribution in [3.8, 4) is 0 Å². The summed E-state index contributed by atoms with van der Waals surface area (Å²) in [4.78, 5) is 12.3. The van der Waals surface area contributed by atoms with Crippen LogP contribution in [-0.4, -0.2) is 27.4 Å². The van der Waals surface area contributed by atoms with E-state index < -0.39 is 10.0 Å². The van der Waals surface area contributed by atoms with Crippen molar-refractivity contribution >= 4 is 21.6 Å². The molecule has 0 spiro atoms. The summed E-state index contributed by atoms with van der Waals surface area (Å²) in [6.07, 6.45) is 1.80. The van der Waals surface area contributed by atoms with Crippen LogP contribution < -0.4 is 15.8 Å². The first-order valence-electron chi connectivity index (χ1n) is 6.94. The Labute approximate surface area is 125 Å². The van der Waals surface area contributed by atoms with Crippen molar-refractivity contribution in [3.05, 3.63) is 23.3 Å². The molecule has 1 aromatic rings. The lowest BCUT2D eigenvalue weighted by Crippen LogP contribution is -2.37. The molecule has 2 rings (SSSR count). The summed E-state index contributed by atoms with van der Waals surface area (Å²) < 4.78 is 23.0. The lowest BCUT2D eigenvalue weighted by Gasteiger charge is -2.22. The maximum Gasteiger partial charge on any atom is 0.238 e. The summed E-state index contributed by atoms with van der Waals surface area (Å²) in [5.74, 6) is -0.173. The van der Waals surface area contributed by atoms with Crippen molar-refractivity contribution in [2.75, 3.05) is 18.4 Å². The second-order valence-electron chi connectivity index (χ2n) is 5.49. The van der Waals surface area contributed by atoms with Crippen LogP contribution in [0.15, 0.2) is 17.0 Å². The van der Waals surface area contributed by atoms with Gasteiger partial charge in [0.15, 0.2) is 0 Å². The molecule has 0 saturated carbocycles. The van der Waals surface area contributed by atoms with Crippen LogP contribution in [-0.2, 0) is 14.8 Å². The number of nitrogens with two attached hydrogens (primary N) is 1. The Morgan fingerprint density at radius 2 is 2.10 bits per heavy atom. The molecule has 0 radical (unpaired) electrons. The van der Waals surface area contributed by atoms with Crippen LogP contribution in [0.4, 0.5) is 5.69 Å². The lowest BCUT2D eigenvalue weighted by atomic mass is 9.98. The van der Waals surface area contributed by atoms with E-state index in [1.165, 1.54) is 12.1 Å². The SMILES string of the molecule is Cc1cc(S(N)(=O)=O)cc(NC(=O)[C@H]2CCCNC2)c1C. The molecule has 1 fully saturated rings. The summed E-state index contributed by atoms with van der Waals surface area (Å²) in [6, 6.07) is 2.94. The summed E-state index contributed by atoms with van der Waals surface area (Å²) >= 11 is 0. The van der Waals surface area contributed by atoms with E-state index in [9.17, 15) is 13.2 Å². The molecule has 4 N–H and O–H groups in total. The monoisotopic (exact) mass is 311 g/mol. The molecule has 1 heterocycles. The second kappa shape index (κ2) is 6.13. The maximum atomic E-state index is 12.3. The average Bonchev–Trinajstić information content (AvgIpc) is 2.43. The zero-order chi connectivity index (χ0) is 15.6. The van der Waals surface area contributed by atoms with Gasteiger partial charge in [-0.1, -0.05) is 0 Å². The van der Waals surface area contributed by atoms with Gasteiger partial charge in [-0.05, 0) is 56.5 Å². The largest absolute Gasteiger partial charge is 0.326 e. The second-order valence-corrected chi connectivity index (χ2v) is 7.05. The number of anilines is 1. The average molecular weight is 311 g/mol. The number of aryl methyl sites for hydroxylation is 1. The first-order chi connectivity index (χ1) is 9.79. The highest BCUT2D eigenvalue weighted by atomic mass is 32.2. The van der Waals surface area contributed by atoms with Crippen LogP contribution in [0.3, 0.4) is 0 Å². The van der Waals surface area contributed by atoms with Crippen LogP contribution in [0.1, 0.15) is 24.0 Å². The topological polar surface area (TPSA) is 101 Å². The fourth-order valence-corrected chi connectivity index (χ4v) is 3.05. The number of sulfonamides is 1. The van der Waals surface area contributed by atoms with Crippen molar-refractivity contribution in [2.45, 2.75) is 31.6 Å². The van der Waals surface area contributed by atoms with Crippen molar-refractivity contribution < 1.29 is 13.2 Å². The van der Waals surface area contributed by atoms with Gasteiger partial charge in [-0.2, -0.15) is 0 Å². The van der Waals surface area contributed by atoms with Gasteiger partial charge in [0.1, 0.15) is 0 Å². The Morgan fingerprint density at radius 1 is 1.38 bits per heavy atom. The molecule has 1 aliphatic rings. The predicted octanol–water partition coefficient (Wildman–Crippen LogP) is 0.889. The molecule has 1 aromatic carbocycles. The highest BCUT2D eigenvalue weighted by Gasteiger charge is 2.22. The predicted molar refractivity (Wildman–Crippen MR) is 81.5 cm³/mol. The zero-order valence-electron chi connectivity index (χ0n) is 12.3. The van der Waals surface area contributed by atoms with Crippen LogP contribution in [0, 0.1) is 19.8 Å². The molecule has 0 unspecified atom stereocenters. The third-order valence-corrected chi connectivity index (χ3v) is 4.79. The van der Waals surface area contributed by atoms with E-state index in [1.807, 2.05) is 6.92 Å². The molecular weight excluding hydrogens is 290 g/mol. The molecule has 1 amide bonds. The number of piperidine rings is 1. The summed E-state index contributed by atoms with van der Waals surface area (Å²) in [5.41, 5.74) is 2.13. The first-order valence-corrected chi connectivity index (χ1v) is 8.49. The van der Waals surface area contributed by atoms with Gasteiger partial charge < -0.3 is 10.6 Å². The highest BCUT2D eigenvalue weighted by Crippen LogP contribution is 2.24. The summed E-state index contributed by atoms with van der Waals surface area (Å²) in [5, 5.41) is 11.2. The standard InChI is InChI=1S/C14H21N3O3S/c1-9-6-12(21(15,19)20)7-13(10(9)2)17-14(18)11-4-3-5-16-8-11/h6-7,11,16H,3-5,8H2,1-2H3,(H,17,18)(H2,15,19,20)/t11-/m0/s1. The molecule has 1 saturated heterocycles. The maximum absolute atomic E-state index is 12.3. The number of carbonyl (C=O) groups excluding carboxylic acids is 1. The zero-order valence-corrected chi connectivity index (χ0v) is 13.1. The Balaban J connectivity index is 2.26. The van der Waals surface area contributed by atoms with E-state index in [-0.39, 0.29) is 16.7 Å². The number of carbonyl (C=O) groups is 1. The van der Waals surface area contributed by atoms with E-state index in [4.69, 9.17) is 5.14 Å². The number of primary sulfonamides is 1. The Kier molecular flexibility index (Phi) is 4.65. The molecule has 116 valence electrons. The van der Waals surface area contributed by atoms with E-state index in [0.29, 0.717) is 12.2 Å². The van der Waals surface area contributed by atoms with Crippen molar-refractivity contribution in [2.24, 2.45) is 11.1 Å². The number of benzene rings is 1. The molecule has 0 aromatic heterocycles. The van der Waals surface area contributed by atoms with Crippen LogP contribution in [0.2, 0.25) is 0 Å². The minimum absolute atomic E-state index is 0.0164. The van der Waals surface area contributed by atoms with Gasteiger partial charge in [0, 0.05) is 12.2 Å². The molecule has 0 aliphatic carbocycles. The van der Waals surface area contributed by atoms with E-state index >= 15 is 0 Å². The van der Waals surface area contributed by atoms with Gasteiger partial charge >= 0.3 is 0 Å². The molecule has 21 heavy (non-hydrogen) atoms. The molecule has 7 heteroatoms. The van der Waals surface area contributed by atoms with Gasteiger partial charge in [0.05, 0.1) is 10.8 Å². The number of hydrogen-bond acceptors (Lipinski definition) is 4. The molecule has 0 bridgehead atoms. The quantitative estimate of drug-likeness (QED) is 0.771. The number of amides is 1. The lowest BCUT2D eigenvalue weighted by molar-refractivity contribution is -0.120. The summed E-state index contributed by atoms with van der Waals surface area (Å²) in [6.45, 7) is 5.22. The number of nitrogens with one attached hydrogen (secondary N) is 2. The van der Waals surface area contributed by atoms with Gasteiger partial charge in [0.2, 0.25) is 15.9 Å². The van der Waals surface area contributed by atoms with Crippen molar-refractivity contribution in [1.29, 1.82) is 0 Å². The third kappa shape index (κ3) is 3.81. The van der Waals surface area contributed by atoms with Crippen molar-refractivity contribution in [1.82, 2.24) is 5.32 Å². The minimum atomic E-state index is -3.79. The normalized spacial score (nSPS) is 19.3. The Bertz CT molecular complexity index is 650.